The van der Waals surface area contributed by atoms with Gasteiger partial charge < -0.3 is 5.11 Å². The minimum absolute atomic E-state index is 0.306. The average molecular weight is 189 g/mol. The highest BCUT2D eigenvalue weighted by Crippen LogP contribution is 2.23. The molecule has 0 spiro atoms. The Bertz CT molecular complexity index is 338. The summed E-state index contributed by atoms with van der Waals surface area (Å²) in [4.78, 5) is 0. The van der Waals surface area contributed by atoms with Gasteiger partial charge in [-0.1, -0.05) is 13.8 Å². The largest absolute Gasteiger partial charge is 0.508 e. The molecule has 0 saturated heterocycles. The Morgan fingerprint density at radius 1 is 1.21 bits per heavy atom. The fourth-order valence-corrected chi connectivity index (χ4v) is 1.72. The van der Waals surface area contributed by atoms with Crippen molar-refractivity contribution in [2.24, 2.45) is 0 Å². The number of phenolic OH excluding ortho intramolecular Hbond substituents is 1. The van der Waals surface area contributed by atoms with Crippen molar-refractivity contribution in [2.75, 3.05) is 0 Å². The summed E-state index contributed by atoms with van der Waals surface area (Å²) in [5.41, 5.74) is 3.27. The van der Waals surface area contributed by atoms with Gasteiger partial charge in [-0.05, 0) is 41.7 Å². The van der Waals surface area contributed by atoms with Crippen molar-refractivity contribution >= 4 is 0 Å². The smallest absolute Gasteiger partial charge is 0.116 e. The van der Waals surface area contributed by atoms with Crippen molar-refractivity contribution in [3.8, 4) is 11.8 Å². The second-order valence-corrected chi connectivity index (χ2v) is 3.28. The Balaban J connectivity index is 3.26. The van der Waals surface area contributed by atoms with E-state index in [1.54, 1.807) is 12.1 Å². The Hall–Kier alpha value is -1.49. The van der Waals surface area contributed by atoms with Crippen LogP contribution in [0.3, 0.4) is 0 Å². The maximum atomic E-state index is 9.47. The van der Waals surface area contributed by atoms with Crippen molar-refractivity contribution in [2.45, 2.75) is 33.1 Å². The molecule has 0 aliphatic rings. The minimum Gasteiger partial charge on any atom is -0.508 e. The number of aromatic hydroxyl groups is 1. The molecule has 0 aromatic heterocycles. The molecule has 74 valence electrons. The molecular weight excluding hydrogens is 174 g/mol. The summed E-state index contributed by atoms with van der Waals surface area (Å²) in [6.45, 7) is 4.07. The summed E-state index contributed by atoms with van der Waals surface area (Å²) in [6.07, 6.45) is 2.16. The number of benzene rings is 1. The second kappa shape index (κ2) is 4.66. The van der Waals surface area contributed by atoms with Crippen LogP contribution in [-0.4, -0.2) is 5.11 Å². The van der Waals surface area contributed by atoms with Gasteiger partial charge in [0.25, 0.3) is 0 Å². The van der Waals surface area contributed by atoms with Crippen LogP contribution in [0, 0.1) is 11.3 Å². The highest BCUT2D eigenvalue weighted by molar-refractivity contribution is 5.43. The molecule has 14 heavy (non-hydrogen) atoms. The molecule has 2 nitrogen and oxygen atoms in total. The van der Waals surface area contributed by atoms with Crippen molar-refractivity contribution in [1.82, 2.24) is 0 Å². The zero-order chi connectivity index (χ0) is 10.6. The van der Waals surface area contributed by atoms with Gasteiger partial charge in [0.15, 0.2) is 0 Å². The maximum Gasteiger partial charge on any atom is 0.116 e. The number of hydrogen-bond acceptors (Lipinski definition) is 2. The van der Waals surface area contributed by atoms with E-state index < -0.39 is 0 Å². The predicted octanol–water partition coefficient (Wildman–Crippen LogP) is 2.58. The Morgan fingerprint density at radius 2 is 1.71 bits per heavy atom. The first kappa shape index (κ1) is 10.6. The highest BCUT2D eigenvalue weighted by atomic mass is 16.3. The topological polar surface area (TPSA) is 44.0 Å². The summed E-state index contributed by atoms with van der Waals surface area (Å²) in [5, 5.41) is 18.2. The zero-order valence-electron chi connectivity index (χ0n) is 8.67. The fourth-order valence-electron chi connectivity index (χ4n) is 1.72. The van der Waals surface area contributed by atoms with E-state index in [-0.39, 0.29) is 0 Å². The van der Waals surface area contributed by atoms with E-state index in [4.69, 9.17) is 5.26 Å². The van der Waals surface area contributed by atoms with Gasteiger partial charge in [0.1, 0.15) is 5.75 Å². The van der Waals surface area contributed by atoms with Crippen LogP contribution in [0.15, 0.2) is 12.1 Å². The summed E-state index contributed by atoms with van der Waals surface area (Å²) in [7, 11) is 0. The number of nitriles is 1. The van der Waals surface area contributed by atoms with Gasteiger partial charge >= 0.3 is 0 Å². The minimum atomic E-state index is 0.306. The molecule has 1 rings (SSSR count). The lowest BCUT2D eigenvalue weighted by molar-refractivity contribution is 0.473. The van der Waals surface area contributed by atoms with Crippen LogP contribution < -0.4 is 0 Å². The number of rotatable bonds is 3. The Morgan fingerprint density at radius 3 is 2.07 bits per heavy atom. The Kier molecular flexibility index (Phi) is 3.53. The molecule has 1 aromatic rings. The van der Waals surface area contributed by atoms with E-state index >= 15 is 0 Å². The number of aryl methyl sites for hydroxylation is 2. The van der Waals surface area contributed by atoms with E-state index in [1.165, 1.54) is 0 Å². The molecule has 0 unspecified atom stereocenters. The molecular formula is C12H15NO. The van der Waals surface area contributed by atoms with Crippen LogP contribution in [0.5, 0.6) is 5.75 Å². The summed E-state index contributed by atoms with van der Waals surface area (Å²) in [6, 6.07) is 5.68. The van der Waals surface area contributed by atoms with Gasteiger partial charge in [0.2, 0.25) is 0 Å². The van der Waals surface area contributed by atoms with Crippen molar-refractivity contribution in [1.29, 1.82) is 5.26 Å². The lowest BCUT2D eigenvalue weighted by atomic mass is 9.95. The van der Waals surface area contributed by atoms with E-state index in [0.717, 1.165) is 29.5 Å². The van der Waals surface area contributed by atoms with E-state index in [0.29, 0.717) is 12.2 Å². The maximum absolute atomic E-state index is 9.47. The van der Waals surface area contributed by atoms with Crippen LogP contribution >= 0.6 is 0 Å². The summed E-state index contributed by atoms with van der Waals surface area (Å²) in [5.74, 6) is 0.306. The molecule has 1 aromatic carbocycles. The molecule has 0 aliphatic carbocycles. The fraction of sp³-hybridized carbons (Fsp3) is 0.417. The van der Waals surface area contributed by atoms with Crippen LogP contribution in [-0.2, 0) is 19.3 Å². The normalized spacial score (nSPS) is 9.79. The quantitative estimate of drug-likeness (QED) is 0.794. The average Bonchev–Trinajstić information content (AvgIpc) is 2.20. The zero-order valence-corrected chi connectivity index (χ0v) is 8.67. The lowest BCUT2D eigenvalue weighted by Crippen LogP contribution is -1.98. The van der Waals surface area contributed by atoms with E-state index in [1.807, 2.05) is 13.8 Å². The van der Waals surface area contributed by atoms with Crippen molar-refractivity contribution in [3.63, 3.8) is 0 Å². The SMILES string of the molecule is CCc1cc(O)cc(CC)c1CC#N. The lowest BCUT2D eigenvalue weighted by Gasteiger charge is -2.10. The molecule has 0 radical (unpaired) electrons. The molecule has 1 N–H and O–H groups in total. The monoisotopic (exact) mass is 189 g/mol. The molecule has 0 atom stereocenters. The van der Waals surface area contributed by atoms with Gasteiger partial charge in [-0.15, -0.1) is 0 Å². The van der Waals surface area contributed by atoms with Crippen molar-refractivity contribution in [3.05, 3.63) is 28.8 Å². The first-order valence-electron chi connectivity index (χ1n) is 4.93. The molecule has 0 fully saturated rings. The third kappa shape index (κ3) is 2.05. The first-order chi connectivity index (χ1) is 6.72. The first-order valence-corrected chi connectivity index (χ1v) is 4.93. The summed E-state index contributed by atoms with van der Waals surface area (Å²) >= 11 is 0. The van der Waals surface area contributed by atoms with E-state index in [2.05, 4.69) is 6.07 Å². The van der Waals surface area contributed by atoms with Crippen molar-refractivity contribution < 1.29 is 5.11 Å². The second-order valence-electron chi connectivity index (χ2n) is 3.28. The third-order valence-corrected chi connectivity index (χ3v) is 2.44. The van der Waals surface area contributed by atoms with Gasteiger partial charge in [-0.3, -0.25) is 0 Å². The standard InChI is InChI=1S/C12H15NO/c1-3-9-7-11(14)8-10(4-2)12(9)5-6-13/h7-8,14H,3-5H2,1-2H3. The van der Waals surface area contributed by atoms with Gasteiger partial charge in [0.05, 0.1) is 12.5 Å². The van der Waals surface area contributed by atoms with Gasteiger partial charge in [0, 0.05) is 0 Å². The predicted molar refractivity (Wildman–Crippen MR) is 56.2 cm³/mol. The molecule has 0 saturated carbocycles. The van der Waals surface area contributed by atoms with Crippen LogP contribution in [0.25, 0.3) is 0 Å². The molecule has 0 heterocycles. The third-order valence-electron chi connectivity index (χ3n) is 2.44. The van der Waals surface area contributed by atoms with E-state index in [9.17, 15) is 5.11 Å². The van der Waals surface area contributed by atoms with Crippen LogP contribution in [0.1, 0.15) is 30.5 Å². The Labute approximate surface area is 84.8 Å². The number of nitrogens with zero attached hydrogens (tertiary/aromatic N) is 1. The molecule has 0 amide bonds. The van der Waals surface area contributed by atoms with Gasteiger partial charge in [-0.25, -0.2) is 0 Å². The van der Waals surface area contributed by atoms with Gasteiger partial charge in [-0.2, -0.15) is 5.26 Å². The van der Waals surface area contributed by atoms with Crippen LogP contribution in [0.4, 0.5) is 0 Å². The number of phenols is 1. The van der Waals surface area contributed by atoms with Crippen LogP contribution in [0.2, 0.25) is 0 Å². The summed E-state index contributed by atoms with van der Waals surface area (Å²) < 4.78 is 0. The highest BCUT2D eigenvalue weighted by Gasteiger charge is 2.07. The molecule has 0 bridgehead atoms. The molecule has 2 heteroatoms. The number of hydrogen-bond donors (Lipinski definition) is 1. The molecule has 0 aliphatic heterocycles.